The highest BCUT2D eigenvalue weighted by atomic mass is 16.4. The Morgan fingerprint density at radius 1 is 0.971 bits per heavy atom. The SMILES string of the molecule is O=C(O)Cc1ccc(C2CCN(c3ccc(C4=NNC(c5ccc(O)cc5)N4)cn3)CC2)cc1. The van der Waals surface area contributed by atoms with Crippen molar-refractivity contribution in [1.82, 2.24) is 15.7 Å². The van der Waals surface area contributed by atoms with Gasteiger partial charge in [0.1, 0.15) is 17.7 Å². The topological polar surface area (TPSA) is 110 Å². The summed E-state index contributed by atoms with van der Waals surface area (Å²) in [4.78, 5) is 17.9. The maximum Gasteiger partial charge on any atom is 0.307 e. The second kappa shape index (κ2) is 9.43. The summed E-state index contributed by atoms with van der Waals surface area (Å²) in [5.41, 5.74) is 7.09. The molecule has 8 heteroatoms. The third-order valence-corrected chi connectivity index (χ3v) is 6.46. The third-order valence-electron chi connectivity index (χ3n) is 6.46. The molecule has 8 nitrogen and oxygen atoms in total. The fourth-order valence-corrected chi connectivity index (χ4v) is 4.54. The Labute approximate surface area is 198 Å². The molecule has 0 spiro atoms. The molecule has 0 bridgehead atoms. The van der Waals surface area contributed by atoms with Crippen molar-refractivity contribution in [2.75, 3.05) is 18.0 Å². The molecular weight excluding hydrogens is 430 g/mol. The molecule has 34 heavy (non-hydrogen) atoms. The van der Waals surface area contributed by atoms with Crippen molar-refractivity contribution in [3.05, 3.63) is 89.1 Å². The van der Waals surface area contributed by atoms with Gasteiger partial charge in [0.15, 0.2) is 5.84 Å². The smallest absolute Gasteiger partial charge is 0.307 e. The average molecular weight is 458 g/mol. The number of nitrogens with one attached hydrogen (secondary N) is 2. The van der Waals surface area contributed by atoms with Gasteiger partial charge < -0.3 is 20.4 Å². The molecule has 1 unspecified atom stereocenters. The van der Waals surface area contributed by atoms with E-state index in [1.165, 1.54) is 5.56 Å². The molecule has 0 amide bonds. The van der Waals surface area contributed by atoms with Crippen molar-refractivity contribution < 1.29 is 15.0 Å². The summed E-state index contributed by atoms with van der Waals surface area (Å²) in [5, 5.41) is 26.2. The van der Waals surface area contributed by atoms with Crippen LogP contribution in [0.1, 0.15) is 47.2 Å². The lowest BCUT2D eigenvalue weighted by Crippen LogP contribution is -2.33. The zero-order valence-corrected chi connectivity index (χ0v) is 18.7. The van der Waals surface area contributed by atoms with Gasteiger partial charge in [0.2, 0.25) is 0 Å². The van der Waals surface area contributed by atoms with E-state index in [0.29, 0.717) is 5.92 Å². The molecule has 1 fully saturated rings. The van der Waals surface area contributed by atoms with Crippen molar-refractivity contribution >= 4 is 17.6 Å². The zero-order chi connectivity index (χ0) is 23.5. The summed E-state index contributed by atoms with van der Waals surface area (Å²) in [5.74, 6) is 1.61. The Morgan fingerprint density at radius 3 is 2.32 bits per heavy atom. The van der Waals surface area contributed by atoms with Crippen LogP contribution in [0.5, 0.6) is 5.75 Å². The van der Waals surface area contributed by atoms with Gasteiger partial charge in [-0.2, -0.15) is 5.10 Å². The summed E-state index contributed by atoms with van der Waals surface area (Å²) in [7, 11) is 0. The van der Waals surface area contributed by atoms with Gasteiger partial charge in [0, 0.05) is 24.8 Å². The van der Waals surface area contributed by atoms with Crippen molar-refractivity contribution in [1.29, 1.82) is 0 Å². The Hall–Kier alpha value is -4.07. The first kappa shape index (κ1) is 21.8. The monoisotopic (exact) mass is 457 g/mol. The molecule has 2 aromatic carbocycles. The second-order valence-electron chi connectivity index (χ2n) is 8.74. The molecule has 0 aliphatic carbocycles. The van der Waals surface area contributed by atoms with Crippen LogP contribution in [0.25, 0.3) is 0 Å². The first-order valence-electron chi connectivity index (χ1n) is 11.5. The number of amidine groups is 1. The van der Waals surface area contributed by atoms with Gasteiger partial charge in [-0.1, -0.05) is 36.4 Å². The van der Waals surface area contributed by atoms with Crippen LogP contribution in [-0.4, -0.2) is 40.1 Å². The normalized spacial score (nSPS) is 18.2. The van der Waals surface area contributed by atoms with E-state index in [2.05, 4.69) is 37.9 Å². The van der Waals surface area contributed by atoms with Gasteiger partial charge in [-0.15, -0.1) is 0 Å². The highest BCUT2D eigenvalue weighted by Gasteiger charge is 2.23. The summed E-state index contributed by atoms with van der Waals surface area (Å²) < 4.78 is 0. The standard InChI is InChI=1S/C26H27N5O3/c32-22-8-5-20(6-9-22)25-28-26(30-29-25)21-7-10-23(27-16-21)31-13-11-19(12-14-31)18-3-1-17(2-4-18)15-24(33)34/h1-10,16,19,25,29,32H,11-15H2,(H,28,30)(H,33,34). The van der Waals surface area contributed by atoms with Gasteiger partial charge >= 0.3 is 5.97 Å². The van der Waals surface area contributed by atoms with Crippen LogP contribution in [-0.2, 0) is 11.2 Å². The summed E-state index contributed by atoms with van der Waals surface area (Å²) >= 11 is 0. The van der Waals surface area contributed by atoms with E-state index in [1.807, 2.05) is 42.6 Å². The number of aromatic nitrogens is 1. The number of rotatable bonds is 6. The lowest BCUT2D eigenvalue weighted by molar-refractivity contribution is -0.136. The quantitative estimate of drug-likeness (QED) is 0.449. The maximum atomic E-state index is 10.9. The molecule has 0 radical (unpaired) electrons. The molecule has 3 heterocycles. The number of hydrogen-bond donors (Lipinski definition) is 4. The summed E-state index contributed by atoms with van der Waals surface area (Å²) in [6, 6.07) is 19.1. The number of aliphatic carboxylic acids is 1. The third kappa shape index (κ3) is 4.80. The zero-order valence-electron chi connectivity index (χ0n) is 18.7. The minimum absolute atomic E-state index is 0.0653. The van der Waals surface area contributed by atoms with E-state index in [-0.39, 0.29) is 18.3 Å². The minimum atomic E-state index is -0.802. The number of piperidine rings is 1. The van der Waals surface area contributed by atoms with E-state index in [1.54, 1.807) is 12.1 Å². The number of carboxylic acids is 1. The highest BCUT2D eigenvalue weighted by Crippen LogP contribution is 2.30. The molecular formula is C26H27N5O3. The lowest BCUT2D eigenvalue weighted by atomic mass is 9.89. The van der Waals surface area contributed by atoms with Crippen molar-refractivity contribution in [3.8, 4) is 5.75 Å². The number of aromatic hydroxyl groups is 1. The Bertz CT molecular complexity index is 1170. The number of phenols is 1. The van der Waals surface area contributed by atoms with Crippen LogP contribution in [0.3, 0.4) is 0 Å². The van der Waals surface area contributed by atoms with Gasteiger partial charge in [0.05, 0.1) is 6.42 Å². The number of pyridine rings is 1. The number of hydrogen-bond acceptors (Lipinski definition) is 7. The van der Waals surface area contributed by atoms with E-state index in [4.69, 9.17) is 5.11 Å². The minimum Gasteiger partial charge on any atom is -0.508 e. The predicted octanol–water partition coefficient (Wildman–Crippen LogP) is 3.35. The van der Waals surface area contributed by atoms with Crippen LogP contribution in [0.2, 0.25) is 0 Å². The summed E-state index contributed by atoms with van der Waals surface area (Å²) in [6.07, 6.45) is 3.83. The van der Waals surface area contributed by atoms with Crippen LogP contribution < -0.4 is 15.6 Å². The van der Waals surface area contributed by atoms with E-state index >= 15 is 0 Å². The Morgan fingerprint density at radius 2 is 1.68 bits per heavy atom. The van der Waals surface area contributed by atoms with Crippen molar-refractivity contribution in [2.24, 2.45) is 5.10 Å². The first-order chi connectivity index (χ1) is 16.5. The number of hydrazone groups is 1. The maximum absolute atomic E-state index is 10.9. The Kier molecular flexibility index (Phi) is 6.03. The van der Waals surface area contributed by atoms with E-state index in [9.17, 15) is 9.90 Å². The molecule has 1 saturated heterocycles. The van der Waals surface area contributed by atoms with Crippen LogP contribution in [0, 0.1) is 0 Å². The molecule has 1 aromatic heterocycles. The molecule has 3 aromatic rings. The molecule has 174 valence electrons. The fourth-order valence-electron chi connectivity index (χ4n) is 4.54. The van der Waals surface area contributed by atoms with E-state index in [0.717, 1.165) is 54.3 Å². The number of benzene rings is 2. The second-order valence-corrected chi connectivity index (χ2v) is 8.74. The number of carbonyl (C=O) groups is 1. The van der Waals surface area contributed by atoms with Crippen LogP contribution in [0.15, 0.2) is 72.0 Å². The number of phenolic OH excluding ortho intramolecular Hbond substituents is 1. The van der Waals surface area contributed by atoms with Gasteiger partial charge in [-0.25, -0.2) is 4.98 Å². The van der Waals surface area contributed by atoms with Gasteiger partial charge in [-0.3, -0.25) is 10.2 Å². The van der Waals surface area contributed by atoms with Crippen LogP contribution in [0.4, 0.5) is 5.82 Å². The van der Waals surface area contributed by atoms with E-state index < -0.39 is 5.97 Å². The number of anilines is 1. The molecule has 4 N–H and O–H groups in total. The summed E-state index contributed by atoms with van der Waals surface area (Å²) in [6.45, 7) is 1.86. The molecule has 5 rings (SSSR count). The van der Waals surface area contributed by atoms with Crippen molar-refractivity contribution in [3.63, 3.8) is 0 Å². The molecule has 1 atom stereocenters. The van der Waals surface area contributed by atoms with Gasteiger partial charge in [-0.05, 0) is 59.7 Å². The largest absolute Gasteiger partial charge is 0.508 e. The first-order valence-corrected chi connectivity index (χ1v) is 11.5. The fraction of sp³-hybridized carbons (Fsp3) is 0.269. The van der Waals surface area contributed by atoms with Crippen LogP contribution >= 0.6 is 0 Å². The van der Waals surface area contributed by atoms with Gasteiger partial charge in [0.25, 0.3) is 0 Å². The van der Waals surface area contributed by atoms with Crippen molar-refractivity contribution in [2.45, 2.75) is 31.3 Å². The lowest BCUT2D eigenvalue weighted by Gasteiger charge is -2.33. The highest BCUT2D eigenvalue weighted by molar-refractivity contribution is 5.99. The number of carboxylic acid groups (broad SMARTS) is 1. The average Bonchev–Trinajstić information content (AvgIpc) is 3.35. The number of nitrogens with zero attached hydrogens (tertiary/aromatic N) is 3. The Balaban J connectivity index is 1.16. The molecule has 2 aliphatic rings. The predicted molar refractivity (Wildman–Crippen MR) is 130 cm³/mol. The molecule has 0 saturated carbocycles. The molecule has 2 aliphatic heterocycles.